The number of rotatable bonds is 2. The minimum Gasteiger partial charge on any atom is -0.344 e. The SMILES string of the molecule is CN(C)C(=O)/C(C#N)=C\c1cccc(C(F)(F)F)c1. The van der Waals surface area contributed by atoms with Gasteiger partial charge in [-0.15, -0.1) is 0 Å². The number of benzene rings is 1. The maximum absolute atomic E-state index is 12.5. The highest BCUT2D eigenvalue weighted by Gasteiger charge is 2.30. The van der Waals surface area contributed by atoms with Gasteiger partial charge in [0, 0.05) is 14.1 Å². The lowest BCUT2D eigenvalue weighted by molar-refractivity contribution is -0.137. The van der Waals surface area contributed by atoms with E-state index in [2.05, 4.69) is 0 Å². The Morgan fingerprint density at radius 3 is 2.47 bits per heavy atom. The fourth-order valence-electron chi connectivity index (χ4n) is 1.35. The molecular formula is C13H11F3N2O. The van der Waals surface area contributed by atoms with Gasteiger partial charge in [0.25, 0.3) is 5.91 Å². The number of likely N-dealkylation sites (N-methyl/N-ethyl adjacent to an activating group) is 1. The maximum atomic E-state index is 12.5. The van der Waals surface area contributed by atoms with Gasteiger partial charge in [-0.25, -0.2) is 0 Å². The molecule has 0 bridgehead atoms. The van der Waals surface area contributed by atoms with E-state index < -0.39 is 17.6 Å². The van der Waals surface area contributed by atoms with Gasteiger partial charge in [-0.05, 0) is 23.8 Å². The quantitative estimate of drug-likeness (QED) is 0.611. The molecule has 0 aliphatic carbocycles. The van der Waals surface area contributed by atoms with Crippen molar-refractivity contribution in [1.29, 1.82) is 5.26 Å². The number of nitrogens with zero attached hydrogens (tertiary/aromatic N) is 2. The molecule has 1 rings (SSSR count). The van der Waals surface area contributed by atoms with Crippen molar-refractivity contribution in [2.45, 2.75) is 6.18 Å². The number of carbonyl (C=O) groups is 1. The minimum atomic E-state index is -4.46. The Labute approximate surface area is 108 Å². The predicted octanol–water partition coefficient (Wildman–Crippen LogP) is 2.70. The average Bonchev–Trinajstić information content (AvgIpc) is 2.34. The van der Waals surface area contributed by atoms with E-state index in [9.17, 15) is 18.0 Å². The second-order valence-corrected chi connectivity index (χ2v) is 3.99. The van der Waals surface area contributed by atoms with Crippen LogP contribution >= 0.6 is 0 Å². The number of amides is 1. The number of nitriles is 1. The van der Waals surface area contributed by atoms with Crippen LogP contribution in [0.1, 0.15) is 11.1 Å². The molecule has 0 radical (unpaired) electrons. The van der Waals surface area contributed by atoms with Gasteiger partial charge in [-0.1, -0.05) is 12.1 Å². The zero-order valence-electron chi connectivity index (χ0n) is 10.3. The van der Waals surface area contributed by atoms with Gasteiger partial charge in [0.05, 0.1) is 5.56 Å². The second-order valence-electron chi connectivity index (χ2n) is 3.99. The lowest BCUT2D eigenvalue weighted by atomic mass is 10.1. The largest absolute Gasteiger partial charge is 0.416 e. The van der Waals surface area contributed by atoms with E-state index in [0.717, 1.165) is 18.2 Å². The normalized spacial score (nSPS) is 11.9. The van der Waals surface area contributed by atoms with Gasteiger partial charge < -0.3 is 4.90 Å². The summed E-state index contributed by atoms with van der Waals surface area (Å²) in [6.07, 6.45) is -3.32. The molecule has 1 amide bonds. The van der Waals surface area contributed by atoms with Crippen molar-refractivity contribution in [3.8, 4) is 6.07 Å². The number of hydrogen-bond donors (Lipinski definition) is 0. The molecular weight excluding hydrogens is 257 g/mol. The van der Waals surface area contributed by atoms with Crippen molar-refractivity contribution in [3.05, 3.63) is 41.0 Å². The number of carbonyl (C=O) groups excluding carboxylic acids is 1. The van der Waals surface area contributed by atoms with Gasteiger partial charge in [0.2, 0.25) is 0 Å². The summed E-state index contributed by atoms with van der Waals surface area (Å²) in [5.41, 5.74) is -0.887. The summed E-state index contributed by atoms with van der Waals surface area (Å²) in [5, 5.41) is 8.85. The Morgan fingerprint density at radius 1 is 1.37 bits per heavy atom. The topological polar surface area (TPSA) is 44.1 Å². The van der Waals surface area contributed by atoms with Crippen molar-refractivity contribution < 1.29 is 18.0 Å². The predicted molar refractivity (Wildman–Crippen MR) is 63.7 cm³/mol. The Morgan fingerprint density at radius 2 is 2.00 bits per heavy atom. The van der Waals surface area contributed by atoms with Crippen LogP contribution in [0.5, 0.6) is 0 Å². The van der Waals surface area contributed by atoms with Crippen LogP contribution in [0.4, 0.5) is 13.2 Å². The van der Waals surface area contributed by atoms with Gasteiger partial charge in [0.15, 0.2) is 0 Å². The molecule has 0 aromatic heterocycles. The third kappa shape index (κ3) is 3.85. The zero-order valence-corrected chi connectivity index (χ0v) is 10.3. The first-order valence-electron chi connectivity index (χ1n) is 5.26. The van der Waals surface area contributed by atoms with Crippen molar-refractivity contribution in [2.75, 3.05) is 14.1 Å². The van der Waals surface area contributed by atoms with E-state index in [1.54, 1.807) is 6.07 Å². The van der Waals surface area contributed by atoms with Crippen LogP contribution < -0.4 is 0 Å². The van der Waals surface area contributed by atoms with Crippen LogP contribution in [0.15, 0.2) is 29.8 Å². The lowest BCUT2D eigenvalue weighted by Gasteiger charge is -2.09. The van der Waals surface area contributed by atoms with Crippen molar-refractivity contribution >= 4 is 12.0 Å². The molecule has 6 heteroatoms. The number of alkyl halides is 3. The Kier molecular flexibility index (Phi) is 4.33. The summed E-state index contributed by atoms with van der Waals surface area (Å²) in [6, 6.07) is 6.12. The molecule has 100 valence electrons. The standard InChI is InChI=1S/C13H11F3N2O/c1-18(2)12(19)10(8-17)6-9-4-3-5-11(7-9)13(14,15)16/h3-7H,1-2H3/b10-6-. The van der Waals surface area contributed by atoms with Crippen LogP contribution in [0.25, 0.3) is 6.08 Å². The fraction of sp³-hybridized carbons (Fsp3) is 0.231. The molecule has 0 saturated carbocycles. The van der Waals surface area contributed by atoms with Gasteiger partial charge >= 0.3 is 6.18 Å². The Bertz CT molecular complexity index is 554. The Balaban J connectivity index is 3.18. The first kappa shape index (κ1) is 14.8. The van der Waals surface area contributed by atoms with E-state index in [0.29, 0.717) is 0 Å². The lowest BCUT2D eigenvalue weighted by Crippen LogP contribution is -2.22. The minimum absolute atomic E-state index is 0.154. The molecule has 0 N–H and O–H groups in total. The molecule has 0 spiro atoms. The molecule has 0 aliphatic heterocycles. The third-order valence-electron chi connectivity index (χ3n) is 2.28. The molecule has 3 nitrogen and oxygen atoms in total. The van der Waals surface area contributed by atoms with Gasteiger partial charge in [0.1, 0.15) is 11.6 Å². The third-order valence-corrected chi connectivity index (χ3v) is 2.28. The molecule has 0 atom stereocenters. The molecule has 0 unspecified atom stereocenters. The van der Waals surface area contributed by atoms with Crippen LogP contribution in [-0.2, 0) is 11.0 Å². The smallest absolute Gasteiger partial charge is 0.344 e. The highest BCUT2D eigenvalue weighted by molar-refractivity contribution is 6.01. The van der Waals surface area contributed by atoms with Crippen LogP contribution in [0.3, 0.4) is 0 Å². The maximum Gasteiger partial charge on any atom is 0.416 e. The summed E-state index contributed by atoms with van der Waals surface area (Å²) in [4.78, 5) is 12.8. The average molecular weight is 268 g/mol. The molecule has 0 aliphatic rings. The summed E-state index contributed by atoms with van der Waals surface area (Å²) in [5.74, 6) is -0.556. The summed E-state index contributed by atoms with van der Waals surface area (Å²) in [6.45, 7) is 0. The second kappa shape index (κ2) is 5.57. The van der Waals surface area contributed by atoms with Gasteiger partial charge in [-0.3, -0.25) is 4.79 Å². The van der Waals surface area contributed by atoms with Crippen LogP contribution in [0.2, 0.25) is 0 Å². The molecule has 0 fully saturated rings. The van der Waals surface area contributed by atoms with Crippen molar-refractivity contribution in [3.63, 3.8) is 0 Å². The zero-order chi connectivity index (χ0) is 14.6. The van der Waals surface area contributed by atoms with Crippen LogP contribution in [-0.4, -0.2) is 24.9 Å². The van der Waals surface area contributed by atoms with E-state index in [4.69, 9.17) is 5.26 Å². The molecule has 0 heterocycles. The highest BCUT2D eigenvalue weighted by atomic mass is 19.4. The molecule has 1 aromatic carbocycles. The summed E-state index contributed by atoms with van der Waals surface area (Å²) >= 11 is 0. The van der Waals surface area contributed by atoms with Crippen molar-refractivity contribution in [1.82, 2.24) is 4.90 Å². The Hall–Kier alpha value is -2.29. The van der Waals surface area contributed by atoms with E-state index in [-0.39, 0.29) is 11.1 Å². The molecule has 19 heavy (non-hydrogen) atoms. The summed E-state index contributed by atoms with van der Waals surface area (Å²) < 4.78 is 37.5. The van der Waals surface area contributed by atoms with E-state index in [1.807, 2.05) is 0 Å². The van der Waals surface area contributed by atoms with Crippen molar-refractivity contribution in [2.24, 2.45) is 0 Å². The highest BCUT2D eigenvalue weighted by Crippen LogP contribution is 2.29. The monoisotopic (exact) mass is 268 g/mol. The summed E-state index contributed by atoms with van der Waals surface area (Å²) in [7, 11) is 2.92. The fourth-order valence-corrected chi connectivity index (χ4v) is 1.35. The van der Waals surface area contributed by atoms with Gasteiger partial charge in [-0.2, -0.15) is 18.4 Å². The first-order valence-corrected chi connectivity index (χ1v) is 5.26. The van der Waals surface area contributed by atoms with Crippen LogP contribution in [0, 0.1) is 11.3 Å². The molecule has 0 saturated heterocycles. The molecule has 1 aromatic rings. The van der Waals surface area contributed by atoms with E-state index >= 15 is 0 Å². The number of halogens is 3. The number of hydrogen-bond acceptors (Lipinski definition) is 2. The first-order chi connectivity index (χ1) is 8.75. The van der Waals surface area contributed by atoms with E-state index in [1.165, 1.54) is 31.1 Å².